The summed E-state index contributed by atoms with van der Waals surface area (Å²) in [6.45, 7) is 13.9. The van der Waals surface area contributed by atoms with Crippen LogP contribution in [0.2, 0.25) is 0 Å². The van der Waals surface area contributed by atoms with Crippen LogP contribution in [0.4, 0.5) is 0 Å². The first kappa shape index (κ1) is 13.6. The fourth-order valence-corrected chi connectivity index (χ4v) is 3.82. The van der Waals surface area contributed by atoms with E-state index in [-0.39, 0.29) is 10.8 Å². The van der Waals surface area contributed by atoms with E-state index in [0.717, 1.165) is 0 Å². The molecule has 0 saturated carbocycles. The second-order valence-electron chi connectivity index (χ2n) is 6.79. The fourth-order valence-electron chi connectivity index (χ4n) is 2.31. The van der Waals surface area contributed by atoms with Crippen molar-refractivity contribution in [2.75, 3.05) is 0 Å². The summed E-state index contributed by atoms with van der Waals surface area (Å²) in [7, 11) is 0. The Bertz CT molecular complexity index is 552. The fraction of sp³-hybridized carbons (Fsp3) is 0.529. The summed E-state index contributed by atoms with van der Waals surface area (Å²) in [6, 6.07) is 8.89. The Morgan fingerprint density at radius 3 is 1.83 bits per heavy atom. The zero-order valence-electron chi connectivity index (χ0n) is 12.4. The van der Waals surface area contributed by atoms with Gasteiger partial charge in [0.1, 0.15) is 0 Å². The Kier molecular flexibility index (Phi) is 3.31. The number of hydrogen-bond acceptors (Lipinski definition) is 1. The first-order valence-corrected chi connectivity index (χ1v) is 7.61. The van der Waals surface area contributed by atoms with Gasteiger partial charge in [-0.15, -0.1) is 11.3 Å². The molecule has 0 bridgehead atoms. The quantitative estimate of drug-likeness (QED) is 0.632. The molecule has 0 fully saturated rings. The van der Waals surface area contributed by atoms with Crippen molar-refractivity contribution in [2.45, 2.75) is 58.8 Å². The van der Waals surface area contributed by atoms with Gasteiger partial charge in [-0.2, -0.15) is 0 Å². The first-order chi connectivity index (χ1) is 8.27. The van der Waals surface area contributed by atoms with Gasteiger partial charge >= 0.3 is 0 Å². The summed E-state index contributed by atoms with van der Waals surface area (Å²) in [5.41, 5.74) is 0.500. The van der Waals surface area contributed by atoms with Crippen LogP contribution in [0.1, 0.15) is 57.7 Å². The molecule has 0 aliphatic heterocycles. The molecule has 0 aliphatic carbocycles. The molecule has 0 spiro atoms. The van der Waals surface area contributed by atoms with Crippen LogP contribution in [0.5, 0.6) is 0 Å². The normalized spacial score (nSPS) is 13.2. The predicted molar refractivity (Wildman–Crippen MR) is 83.8 cm³/mol. The molecule has 2 aromatic rings. The van der Waals surface area contributed by atoms with Crippen LogP contribution in [0.3, 0.4) is 0 Å². The molecular weight excluding hydrogens is 236 g/mol. The Morgan fingerprint density at radius 2 is 1.39 bits per heavy atom. The van der Waals surface area contributed by atoms with Gasteiger partial charge in [0, 0.05) is 9.75 Å². The summed E-state index contributed by atoms with van der Waals surface area (Å²) in [6.07, 6.45) is 1.18. The molecule has 98 valence electrons. The minimum Gasteiger partial charge on any atom is -0.143 e. The first-order valence-electron chi connectivity index (χ1n) is 6.80. The largest absolute Gasteiger partial charge is 0.143 e. The summed E-state index contributed by atoms with van der Waals surface area (Å²) < 4.78 is 0. The van der Waals surface area contributed by atoms with Crippen molar-refractivity contribution in [1.82, 2.24) is 0 Å². The average Bonchev–Trinajstić information content (AvgIpc) is 2.68. The van der Waals surface area contributed by atoms with E-state index in [1.54, 1.807) is 4.88 Å². The van der Waals surface area contributed by atoms with E-state index in [2.05, 4.69) is 65.8 Å². The van der Waals surface area contributed by atoms with Crippen molar-refractivity contribution in [3.8, 4) is 0 Å². The van der Waals surface area contributed by atoms with Gasteiger partial charge < -0.3 is 0 Å². The molecule has 1 aromatic carbocycles. The number of fused-ring (bicyclic) bond motifs is 1. The summed E-state index contributed by atoms with van der Waals surface area (Å²) in [5, 5.41) is 2.91. The van der Waals surface area contributed by atoms with E-state index < -0.39 is 0 Å². The third-order valence-corrected chi connectivity index (χ3v) is 5.81. The lowest BCUT2D eigenvalue weighted by molar-refractivity contribution is 0.520. The minimum atomic E-state index is 0.229. The van der Waals surface area contributed by atoms with Crippen LogP contribution in [-0.4, -0.2) is 0 Å². The second kappa shape index (κ2) is 4.38. The Labute approximate surface area is 115 Å². The van der Waals surface area contributed by atoms with E-state index in [1.807, 2.05) is 11.3 Å². The van der Waals surface area contributed by atoms with Gasteiger partial charge in [-0.3, -0.25) is 0 Å². The van der Waals surface area contributed by atoms with Gasteiger partial charge in [0.2, 0.25) is 0 Å². The van der Waals surface area contributed by atoms with E-state index >= 15 is 0 Å². The molecule has 0 atom stereocenters. The highest BCUT2D eigenvalue weighted by molar-refractivity contribution is 7.14. The lowest BCUT2D eigenvalue weighted by Gasteiger charge is -2.22. The Hall–Kier alpha value is -0.820. The Balaban J connectivity index is 2.78. The monoisotopic (exact) mass is 260 g/mol. The summed E-state index contributed by atoms with van der Waals surface area (Å²) in [4.78, 5) is 3.07. The maximum Gasteiger partial charge on any atom is 0.0183 e. The summed E-state index contributed by atoms with van der Waals surface area (Å²) >= 11 is 2.01. The van der Waals surface area contributed by atoms with Crippen molar-refractivity contribution in [1.29, 1.82) is 0 Å². The van der Waals surface area contributed by atoms with Crippen molar-refractivity contribution < 1.29 is 0 Å². The molecule has 0 aliphatic rings. The van der Waals surface area contributed by atoms with Gasteiger partial charge in [0.25, 0.3) is 0 Å². The van der Waals surface area contributed by atoms with Crippen LogP contribution in [-0.2, 0) is 10.8 Å². The smallest absolute Gasteiger partial charge is 0.0183 e. The predicted octanol–water partition coefficient (Wildman–Crippen LogP) is 5.89. The number of benzene rings is 1. The molecule has 2 rings (SSSR count). The number of rotatable bonds is 2. The maximum atomic E-state index is 2.36. The van der Waals surface area contributed by atoms with Crippen molar-refractivity contribution >= 4 is 22.1 Å². The van der Waals surface area contributed by atoms with Crippen LogP contribution in [0.25, 0.3) is 10.8 Å². The van der Waals surface area contributed by atoms with E-state index in [1.165, 1.54) is 22.1 Å². The lowest BCUT2D eigenvalue weighted by atomic mass is 9.85. The topological polar surface area (TPSA) is 0 Å². The van der Waals surface area contributed by atoms with Gasteiger partial charge in [0.15, 0.2) is 0 Å². The standard InChI is InChI=1S/C17H24S/c1-7-17(5,6)15-13-11-9-8-10-12(13)14(18-15)16(2,3)4/h8-11H,7H2,1-6H3. The average molecular weight is 260 g/mol. The molecule has 1 heteroatoms. The molecule has 0 unspecified atom stereocenters. The van der Waals surface area contributed by atoms with Crippen molar-refractivity contribution in [3.05, 3.63) is 34.0 Å². The SMILES string of the molecule is CCC(C)(C)c1sc(C(C)(C)C)c2ccccc12. The molecule has 0 nitrogen and oxygen atoms in total. The van der Waals surface area contributed by atoms with Gasteiger partial charge in [-0.05, 0) is 28.0 Å². The van der Waals surface area contributed by atoms with E-state index in [0.29, 0.717) is 0 Å². The highest BCUT2D eigenvalue weighted by Gasteiger charge is 2.28. The van der Waals surface area contributed by atoms with Crippen molar-refractivity contribution in [2.24, 2.45) is 0 Å². The molecule has 0 N–H and O–H groups in total. The molecular formula is C17H24S. The zero-order valence-corrected chi connectivity index (χ0v) is 13.2. The second-order valence-corrected chi connectivity index (χ2v) is 7.81. The highest BCUT2D eigenvalue weighted by atomic mass is 32.1. The zero-order chi connectivity index (χ0) is 13.6. The molecule has 0 saturated heterocycles. The van der Waals surface area contributed by atoms with Crippen LogP contribution in [0, 0.1) is 0 Å². The van der Waals surface area contributed by atoms with E-state index in [4.69, 9.17) is 0 Å². The number of hydrogen-bond donors (Lipinski definition) is 0. The lowest BCUT2D eigenvalue weighted by Crippen LogP contribution is -2.13. The molecule has 1 heterocycles. The third kappa shape index (κ3) is 2.21. The minimum absolute atomic E-state index is 0.229. The van der Waals surface area contributed by atoms with Gasteiger partial charge in [-0.25, -0.2) is 0 Å². The van der Waals surface area contributed by atoms with Gasteiger partial charge in [-0.1, -0.05) is 65.8 Å². The number of thiophene rings is 1. The summed E-state index contributed by atoms with van der Waals surface area (Å²) in [5.74, 6) is 0. The molecule has 0 amide bonds. The molecule has 0 radical (unpaired) electrons. The molecule has 18 heavy (non-hydrogen) atoms. The maximum absolute atomic E-state index is 2.36. The van der Waals surface area contributed by atoms with E-state index in [9.17, 15) is 0 Å². The van der Waals surface area contributed by atoms with Crippen LogP contribution in [0.15, 0.2) is 24.3 Å². The molecule has 1 aromatic heterocycles. The van der Waals surface area contributed by atoms with Crippen molar-refractivity contribution in [3.63, 3.8) is 0 Å². The highest BCUT2D eigenvalue weighted by Crippen LogP contribution is 2.44. The van der Waals surface area contributed by atoms with Crippen LogP contribution >= 0.6 is 11.3 Å². The van der Waals surface area contributed by atoms with Crippen LogP contribution < -0.4 is 0 Å². The Morgan fingerprint density at radius 1 is 0.889 bits per heavy atom. The third-order valence-electron chi connectivity index (χ3n) is 3.80. The van der Waals surface area contributed by atoms with Gasteiger partial charge in [0.05, 0.1) is 0 Å².